The Morgan fingerprint density at radius 2 is 1.83 bits per heavy atom. The highest BCUT2D eigenvalue weighted by Gasteiger charge is 2.41. The number of rotatable bonds is 6. The highest BCUT2D eigenvalue weighted by atomic mass is 19.4. The maximum Gasteiger partial charge on any atom is 0.423 e. The van der Waals surface area contributed by atoms with Crippen molar-refractivity contribution in [3.05, 3.63) is 39.9 Å². The average molecular weight is 604 g/mol. The molecule has 3 aliphatic rings. The fraction of sp³-hybridized carbons (Fsp3) is 0.560. The molecule has 0 radical (unpaired) electrons. The lowest BCUT2D eigenvalue weighted by Gasteiger charge is -2.41. The summed E-state index contributed by atoms with van der Waals surface area (Å²) in [6.45, 7) is 0.976. The van der Waals surface area contributed by atoms with Crippen LogP contribution < -0.4 is 20.7 Å². The quantitative estimate of drug-likeness (QED) is 0.382. The van der Waals surface area contributed by atoms with E-state index in [-0.39, 0.29) is 75.3 Å². The first kappa shape index (κ1) is 29.6. The summed E-state index contributed by atoms with van der Waals surface area (Å²) in [7, 11) is 0. The van der Waals surface area contributed by atoms with E-state index in [0.29, 0.717) is 19.0 Å². The Balaban J connectivity index is 1.16. The summed E-state index contributed by atoms with van der Waals surface area (Å²) in [4.78, 5) is 45.9. The van der Waals surface area contributed by atoms with Gasteiger partial charge in [0, 0.05) is 38.8 Å². The smallest absolute Gasteiger partial charge is 0.379 e. The van der Waals surface area contributed by atoms with E-state index in [1.807, 2.05) is 5.10 Å². The molecule has 5 rings (SSSR count). The Hall–Kier alpha value is -3.89. The van der Waals surface area contributed by atoms with Crippen LogP contribution in [0.1, 0.15) is 36.8 Å². The third kappa shape index (κ3) is 6.15. The first-order valence-electron chi connectivity index (χ1n) is 13.2. The number of piperazine rings is 1. The summed E-state index contributed by atoms with van der Waals surface area (Å²) >= 11 is 0. The van der Waals surface area contributed by atoms with Gasteiger partial charge in [-0.25, -0.2) is 10.1 Å². The third-order valence-corrected chi connectivity index (χ3v) is 7.57. The van der Waals surface area contributed by atoms with Crippen LogP contribution >= 0.6 is 0 Å². The first-order chi connectivity index (χ1) is 19.8. The van der Waals surface area contributed by atoms with Gasteiger partial charge >= 0.3 is 12.4 Å². The van der Waals surface area contributed by atoms with Crippen molar-refractivity contribution < 1.29 is 40.7 Å². The number of aromatic nitrogens is 3. The van der Waals surface area contributed by atoms with Crippen molar-refractivity contribution in [2.24, 2.45) is 0 Å². The molecule has 42 heavy (non-hydrogen) atoms. The highest BCUT2D eigenvalue weighted by Crippen LogP contribution is 2.38. The number of amides is 2. The molecule has 11 nitrogen and oxygen atoms in total. The molecule has 17 heteroatoms. The second-order valence-electron chi connectivity index (χ2n) is 10.3. The second kappa shape index (κ2) is 11.4. The van der Waals surface area contributed by atoms with E-state index in [2.05, 4.69) is 15.4 Å². The second-order valence-corrected chi connectivity index (χ2v) is 10.3. The minimum atomic E-state index is -4.86. The number of carbonyl (C=O) groups is 2. The fourth-order valence-corrected chi connectivity index (χ4v) is 5.63. The third-order valence-electron chi connectivity index (χ3n) is 7.57. The summed E-state index contributed by atoms with van der Waals surface area (Å²) in [6.07, 6.45) is -6.74. The van der Waals surface area contributed by atoms with E-state index < -0.39 is 47.0 Å². The lowest BCUT2D eigenvalue weighted by atomic mass is 10.1. The Morgan fingerprint density at radius 3 is 2.57 bits per heavy atom. The van der Waals surface area contributed by atoms with Gasteiger partial charge in [0.15, 0.2) is 5.82 Å². The maximum absolute atomic E-state index is 13.5. The van der Waals surface area contributed by atoms with Gasteiger partial charge in [0.05, 0.1) is 54.9 Å². The molecular weight excluding hydrogens is 576 g/mol. The topological polar surface area (TPSA) is 124 Å². The van der Waals surface area contributed by atoms with Gasteiger partial charge in [0.2, 0.25) is 11.8 Å². The molecule has 2 amide bonds. The minimum Gasteiger partial charge on any atom is -0.379 e. The highest BCUT2D eigenvalue weighted by molar-refractivity contribution is 5.96. The van der Waals surface area contributed by atoms with Crippen molar-refractivity contribution >= 4 is 29.0 Å². The average Bonchev–Trinajstić information content (AvgIpc) is 3.32. The van der Waals surface area contributed by atoms with Crippen molar-refractivity contribution in [3.8, 4) is 0 Å². The predicted octanol–water partition coefficient (Wildman–Crippen LogP) is 2.64. The van der Waals surface area contributed by atoms with Gasteiger partial charge in [0.1, 0.15) is 5.56 Å². The summed E-state index contributed by atoms with van der Waals surface area (Å²) < 4.78 is 85.6. The van der Waals surface area contributed by atoms with Crippen LogP contribution in [0.15, 0.2) is 23.3 Å². The minimum absolute atomic E-state index is 0.00109. The van der Waals surface area contributed by atoms with Crippen molar-refractivity contribution in [3.63, 3.8) is 0 Å². The number of anilines is 3. The van der Waals surface area contributed by atoms with Gasteiger partial charge < -0.3 is 24.8 Å². The van der Waals surface area contributed by atoms with E-state index >= 15 is 0 Å². The normalized spacial score (nSPS) is 21.1. The van der Waals surface area contributed by atoms with Crippen LogP contribution in [0.5, 0.6) is 0 Å². The predicted molar refractivity (Wildman–Crippen MR) is 136 cm³/mol. The van der Waals surface area contributed by atoms with Crippen LogP contribution in [-0.2, 0) is 26.7 Å². The van der Waals surface area contributed by atoms with E-state index in [9.17, 15) is 40.7 Å². The van der Waals surface area contributed by atoms with Crippen molar-refractivity contribution in [1.82, 2.24) is 20.1 Å². The van der Waals surface area contributed by atoms with Crippen molar-refractivity contribution in [1.29, 1.82) is 0 Å². The molecule has 2 atom stereocenters. The Bertz CT molecular complexity index is 1400. The van der Waals surface area contributed by atoms with Crippen LogP contribution in [0, 0.1) is 0 Å². The Morgan fingerprint density at radius 1 is 1.05 bits per heavy atom. The fourth-order valence-electron chi connectivity index (χ4n) is 5.63. The van der Waals surface area contributed by atoms with Gasteiger partial charge in [0.25, 0.3) is 5.56 Å². The molecule has 2 aromatic rings. The van der Waals surface area contributed by atoms with E-state index in [1.165, 1.54) is 4.90 Å². The van der Waals surface area contributed by atoms with Gasteiger partial charge in [-0.3, -0.25) is 14.4 Å². The molecule has 0 bridgehead atoms. The number of halogens is 6. The van der Waals surface area contributed by atoms with Gasteiger partial charge in [-0.15, -0.1) is 0 Å². The molecule has 0 aliphatic carbocycles. The number of alkyl halides is 6. The monoisotopic (exact) mass is 603 g/mol. The number of H-pyrrole nitrogens is 1. The molecule has 0 aromatic carbocycles. The standard InChI is InChI=1S/C25H27F6N7O4/c26-24(27,28)14-8-17-22(32-10-14)38-6-5-36(12-16(38)9-19(39)34-17)20(40)3-7-42-13-15-2-1-4-37(15)18-11-33-35-23(41)21(18)25(29,30)31/h8,10-11,15-16H,1-7,9,12-13H2,(H,34,39)(H,35,41). The first-order valence-corrected chi connectivity index (χ1v) is 13.2. The molecular formula is C25H27F6N7O4. The molecule has 0 saturated carbocycles. The molecule has 2 saturated heterocycles. The number of fused-ring (bicyclic) bond motifs is 3. The summed E-state index contributed by atoms with van der Waals surface area (Å²) in [5.41, 5.74) is -3.98. The molecule has 2 aromatic heterocycles. The molecule has 5 heterocycles. The summed E-state index contributed by atoms with van der Waals surface area (Å²) in [5.74, 6) is -0.547. The molecule has 2 unspecified atom stereocenters. The molecule has 0 spiro atoms. The number of nitrogens with zero attached hydrogens (tertiary/aromatic N) is 5. The molecule has 2 fully saturated rings. The van der Waals surface area contributed by atoms with Gasteiger partial charge in [-0.05, 0) is 18.9 Å². The Labute approximate surface area is 234 Å². The zero-order chi connectivity index (χ0) is 30.2. The zero-order valence-electron chi connectivity index (χ0n) is 22.1. The molecule has 228 valence electrons. The zero-order valence-corrected chi connectivity index (χ0v) is 22.1. The molecule has 3 aliphatic heterocycles. The number of hydrogen-bond acceptors (Lipinski definition) is 8. The van der Waals surface area contributed by atoms with Gasteiger partial charge in [-0.1, -0.05) is 0 Å². The number of hydrogen-bond donors (Lipinski definition) is 2. The maximum atomic E-state index is 13.5. The summed E-state index contributed by atoms with van der Waals surface area (Å²) in [5, 5.41) is 7.83. The van der Waals surface area contributed by atoms with E-state index in [0.717, 1.165) is 12.3 Å². The number of pyridine rings is 1. The van der Waals surface area contributed by atoms with Crippen LogP contribution in [0.4, 0.5) is 43.5 Å². The SMILES string of the molecule is O=C1CC2CN(C(=O)CCOCC3CCCN3c3cn[nH]c(=O)c3C(F)(F)F)CCN2c2ncc(C(F)(F)F)cc2N1. The number of nitrogens with one attached hydrogen (secondary N) is 2. The van der Waals surface area contributed by atoms with Crippen LogP contribution in [0.2, 0.25) is 0 Å². The Kier molecular flexibility index (Phi) is 8.04. The van der Waals surface area contributed by atoms with Crippen molar-refractivity contribution in [2.75, 3.05) is 54.5 Å². The van der Waals surface area contributed by atoms with Crippen molar-refractivity contribution in [2.45, 2.75) is 50.1 Å². The largest absolute Gasteiger partial charge is 0.423 e. The lowest BCUT2D eigenvalue weighted by Crippen LogP contribution is -2.55. The number of ether oxygens (including phenoxy) is 1. The number of carbonyl (C=O) groups excluding carboxylic acids is 2. The van der Waals surface area contributed by atoms with Gasteiger partial charge in [-0.2, -0.15) is 31.4 Å². The molecule has 2 N–H and O–H groups in total. The van der Waals surface area contributed by atoms with Crippen LogP contribution in [0.25, 0.3) is 0 Å². The lowest BCUT2D eigenvalue weighted by molar-refractivity contribution is -0.139. The van der Waals surface area contributed by atoms with Crippen LogP contribution in [0.3, 0.4) is 0 Å². The van der Waals surface area contributed by atoms with E-state index in [1.54, 1.807) is 9.80 Å². The summed E-state index contributed by atoms with van der Waals surface area (Å²) in [6, 6.07) is -0.0888. The number of aromatic amines is 1. The van der Waals surface area contributed by atoms with E-state index in [4.69, 9.17) is 4.74 Å². The van der Waals surface area contributed by atoms with Crippen LogP contribution in [-0.4, -0.2) is 83.4 Å².